The molecular weight excluding hydrogens is 241 g/mol. The third kappa shape index (κ3) is 2.05. The number of halogens is 1. The summed E-state index contributed by atoms with van der Waals surface area (Å²) in [4.78, 5) is 10.9. The third-order valence-electron chi connectivity index (χ3n) is 3.97. The summed E-state index contributed by atoms with van der Waals surface area (Å²) in [7, 11) is 0. The van der Waals surface area contributed by atoms with Crippen molar-refractivity contribution in [1.29, 1.82) is 0 Å². The molecule has 0 aromatic carbocycles. The second-order valence-electron chi connectivity index (χ2n) is 5.14. The van der Waals surface area contributed by atoms with Crippen molar-refractivity contribution in [3.05, 3.63) is 36.2 Å². The molecule has 0 spiro atoms. The predicted octanol–water partition coefficient (Wildman–Crippen LogP) is 2.88. The second kappa shape index (κ2) is 4.76. The minimum Gasteiger partial charge on any atom is -0.321 e. The monoisotopic (exact) mass is 259 g/mol. The highest BCUT2D eigenvalue weighted by Crippen LogP contribution is 2.29. The fraction of sp³-hybridized carbons (Fsp3) is 0.467. The maximum Gasteiger partial charge on any atom is 0.150 e. The van der Waals surface area contributed by atoms with Crippen molar-refractivity contribution in [3.63, 3.8) is 0 Å². The van der Waals surface area contributed by atoms with Crippen molar-refractivity contribution in [1.82, 2.24) is 4.90 Å². The zero-order valence-electron chi connectivity index (χ0n) is 11.3. The Balaban J connectivity index is 1.82. The lowest BCUT2D eigenvalue weighted by atomic mass is 9.90. The molecule has 0 radical (unpaired) electrons. The summed E-state index contributed by atoms with van der Waals surface area (Å²) in [6, 6.07) is 0.115. The van der Waals surface area contributed by atoms with Crippen LogP contribution in [0.25, 0.3) is 0 Å². The van der Waals surface area contributed by atoms with Crippen LogP contribution in [0.5, 0.6) is 0 Å². The molecule has 4 heteroatoms. The lowest BCUT2D eigenvalue weighted by Crippen LogP contribution is -2.38. The van der Waals surface area contributed by atoms with E-state index in [1.54, 1.807) is 12.3 Å². The molecule has 3 nitrogen and oxygen atoms in total. The van der Waals surface area contributed by atoms with Crippen LogP contribution in [0, 0.1) is 5.92 Å². The first kappa shape index (κ1) is 12.3. The van der Waals surface area contributed by atoms with Gasteiger partial charge in [-0.05, 0) is 25.0 Å². The van der Waals surface area contributed by atoms with E-state index >= 15 is 0 Å². The predicted molar refractivity (Wildman–Crippen MR) is 76.1 cm³/mol. The van der Waals surface area contributed by atoms with Gasteiger partial charge in [-0.1, -0.05) is 19.1 Å². The normalized spacial score (nSPS) is 32.9. The zero-order chi connectivity index (χ0) is 13.4. The highest BCUT2D eigenvalue weighted by atomic mass is 19.1. The van der Waals surface area contributed by atoms with Crippen LogP contribution in [0.15, 0.2) is 46.2 Å². The van der Waals surface area contributed by atoms with Gasteiger partial charge in [-0.25, -0.2) is 4.39 Å². The molecular formula is C15H18FN3. The lowest BCUT2D eigenvalue weighted by molar-refractivity contribution is 0.308. The molecule has 2 heterocycles. The van der Waals surface area contributed by atoms with Crippen LogP contribution < -0.4 is 0 Å². The van der Waals surface area contributed by atoms with Crippen LogP contribution in [-0.2, 0) is 0 Å². The number of amidine groups is 1. The molecule has 3 aliphatic rings. The highest BCUT2D eigenvalue weighted by Gasteiger charge is 2.32. The number of nitrogens with zero attached hydrogens (tertiary/aromatic N) is 3. The fourth-order valence-electron chi connectivity index (χ4n) is 2.79. The second-order valence-corrected chi connectivity index (χ2v) is 5.14. The smallest absolute Gasteiger partial charge is 0.150 e. The van der Waals surface area contributed by atoms with Crippen molar-refractivity contribution >= 4 is 11.5 Å². The Hall–Kier alpha value is -1.71. The van der Waals surface area contributed by atoms with Gasteiger partial charge in [0, 0.05) is 18.3 Å². The molecule has 0 fully saturated rings. The number of hydrogen-bond acceptors (Lipinski definition) is 3. The quantitative estimate of drug-likeness (QED) is 0.749. The first-order chi connectivity index (χ1) is 9.20. The molecule has 0 bridgehead atoms. The van der Waals surface area contributed by atoms with Crippen LogP contribution in [0.4, 0.5) is 4.39 Å². The highest BCUT2D eigenvalue weighted by molar-refractivity contribution is 6.41. The number of alkyl halides is 1. The van der Waals surface area contributed by atoms with E-state index in [0.29, 0.717) is 6.54 Å². The van der Waals surface area contributed by atoms with Crippen molar-refractivity contribution in [3.8, 4) is 0 Å². The average Bonchev–Trinajstić information content (AvgIpc) is 2.84. The van der Waals surface area contributed by atoms with Crippen molar-refractivity contribution in [2.75, 3.05) is 6.54 Å². The van der Waals surface area contributed by atoms with Gasteiger partial charge in [0.1, 0.15) is 12.0 Å². The number of aliphatic imine (C=N–C) groups is 2. The van der Waals surface area contributed by atoms with E-state index in [-0.39, 0.29) is 12.0 Å². The Morgan fingerprint density at radius 1 is 1.47 bits per heavy atom. The van der Waals surface area contributed by atoms with Crippen LogP contribution in [0.1, 0.15) is 20.3 Å². The Morgan fingerprint density at radius 2 is 2.32 bits per heavy atom. The van der Waals surface area contributed by atoms with Gasteiger partial charge in [0.15, 0.2) is 0 Å². The van der Waals surface area contributed by atoms with Gasteiger partial charge < -0.3 is 4.90 Å². The van der Waals surface area contributed by atoms with E-state index < -0.39 is 6.17 Å². The van der Waals surface area contributed by atoms with Gasteiger partial charge >= 0.3 is 0 Å². The minimum atomic E-state index is -0.877. The molecule has 100 valence electrons. The minimum absolute atomic E-state index is 0.0192. The summed E-state index contributed by atoms with van der Waals surface area (Å²) in [5.41, 5.74) is 1.95. The van der Waals surface area contributed by atoms with E-state index in [9.17, 15) is 4.39 Å². The molecule has 3 atom stereocenters. The molecule has 3 rings (SSSR count). The Kier molecular flexibility index (Phi) is 3.09. The van der Waals surface area contributed by atoms with Crippen LogP contribution >= 0.6 is 0 Å². The average molecular weight is 259 g/mol. The summed E-state index contributed by atoms with van der Waals surface area (Å²) >= 11 is 0. The summed E-state index contributed by atoms with van der Waals surface area (Å²) < 4.78 is 14.0. The summed E-state index contributed by atoms with van der Waals surface area (Å²) in [6.07, 6.45) is 9.47. The topological polar surface area (TPSA) is 28.0 Å². The summed E-state index contributed by atoms with van der Waals surface area (Å²) in [5.74, 6) is 0.931. The SMILES string of the molecule is CCC1C=CC(C2CN=C3C(C)=NC=CN32)=CC1F. The van der Waals surface area contributed by atoms with Gasteiger partial charge in [-0.2, -0.15) is 0 Å². The van der Waals surface area contributed by atoms with Crippen LogP contribution in [0.3, 0.4) is 0 Å². The molecule has 0 amide bonds. The standard InChI is InChI=1S/C15H18FN3/c1-3-11-4-5-12(8-13(11)16)14-9-18-15-10(2)17-6-7-19(14)15/h4-8,11,13-14H,3,9H2,1-2H3. The Morgan fingerprint density at radius 3 is 3.05 bits per heavy atom. The summed E-state index contributed by atoms with van der Waals surface area (Å²) in [6.45, 7) is 4.64. The molecule has 0 aromatic heterocycles. The van der Waals surface area contributed by atoms with Crippen molar-refractivity contribution in [2.24, 2.45) is 15.9 Å². The first-order valence-electron chi connectivity index (χ1n) is 6.79. The molecule has 0 saturated heterocycles. The van der Waals surface area contributed by atoms with Crippen molar-refractivity contribution < 1.29 is 4.39 Å². The van der Waals surface area contributed by atoms with Gasteiger partial charge in [0.25, 0.3) is 0 Å². The van der Waals surface area contributed by atoms with E-state index in [1.165, 1.54) is 0 Å². The Labute approximate surface area is 112 Å². The molecule has 19 heavy (non-hydrogen) atoms. The van der Waals surface area contributed by atoms with Crippen LogP contribution in [0.2, 0.25) is 0 Å². The lowest BCUT2D eigenvalue weighted by Gasteiger charge is -2.29. The molecule has 3 unspecified atom stereocenters. The van der Waals surface area contributed by atoms with Crippen LogP contribution in [-0.4, -0.2) is 35.2 Å². The maximum absolute atomic E-state index is 14.0. The van der Waals surface area contributed by atoms with E-state index in [1.807, 2.05) is 26.1 Å². The molecule has 2 aliphatic heterocycles. The number of fused-ring (bicyclic) bond motifs is 1. The van der Waals surface area contributed by atoms with Gasteiger partial charge in [-0.3, -0.25) is 9.98 Å². The Bertz CT molecular complexity index is 528. The van der Waals surface area contributed by atoms with E-state index in [4.69, 9.17) is 0 Å². The molecule has 1 aliphatic carbocycles. The van der Waals surface area contributed by atoms with Gasteiger partial charge in [-0.15, -0.1) is 0 Å². The van der Waals surface area contributed by atoms with Gasteiger partial charge in [0.2, 0.25) is 0 Å². The molecule has 0 saturated carbocycles. The van der Waals surface area contributed by atoms with E-state index in [0.717, 1.165) is 23.5 Å². The number of rotatable bonds is 2. The largest absolute Gasteiger partial charge is 0.321 e. The molecule has 0 N–H and O–H groups in total. The van der Waals surface area contributed by atoms with Crippen molar-refractivity contribution in [2.45, 2.75) is 32.5 Å². The fourth-order valence-corrected chi connectivity index (χ4v) is 2.79. The maximum atomic E-state index is 14.0. The molecule has 0 aromatic rings. The number of hydrogen-bond donors (Lipinski definition) is 0. The summed E-state index contributed by atoms with van der Waals surface area (Å²) in [5, 5.41) is 0. The zero-order valence-corrected chi connectivity index (χ0v) is 11.3. The van der Waals surface area contributed by atoms with E-state index in [2.05, 4.69) is 21.0 Å². The van der Waals surface area contributed by atoms with Gasteiger partial charge in [0.05, 0.1) is 18.3 Å². The number of allylic oxidation sites excluding steroid dienone is 2. The third-order valence-corrected chi connectivity index (χ3v) is 3.97. The first-order valence-corrected chi connectivity index (χ1v) is 6.79.